The number of rotatable bonds is 18. The lowest BCUT2D eigenvalue weighted by Gasteiger charge is -2.59. The zero-order chi connectivity index (χ0) is 29.9. The second-order valence-electron chi connectivity index (χ2n) is 14.8. The first kappa shape index (κ1) is 36.2. The van der Waals surface area contributed by atoms with Crippen LogP contribution in [0.4, 0.5) is 5.69 Å². The van der Waals surface area contributed by atoms with E-state index < -0.39 is 34.2 Å². The topological polar surface area (TPSA) is 6.48 Å². The Kier molecular flexibility index (Phi) is 15.4. The molecule has 6 heteroatoms. The van der Waals surface area contributed by atoms with Gasteiger partial charge in [0.15, 0.2) is 17.9 Å². The van der Waals surface area contributed by atoms with E-state index in [1.165, 1.54) is 50.6 Å². The quantitative estimate of drug-likeness (QED) is 0.122. The van der Waals surface area contributed by atoms with Gasteiger partial charge in [0.1, 0.15) is 8.24 Å². The Morgan fingerprint density at radius 3 is 1.74 bits per heavy atom. The van der Waals surface area contributed by atoms with E-state index in [9.17, 15) is 0 Å². The van der Waals surface area contributed by atoms with Crippen molar-refractivity contribution in [1.29, 1.82) is 0 Å². The minimum atomic E-state index is -1.85. The predicted octanol–water partition coefficient (Wildman–Crippen LogP) is 10.9. The smallest absolute Gasteiger partial charge is 0.176 e. The van der Waals surface area contributed by atoms with Gasteiger partial charge in [-0.25, -0.2) is 0 Å². The van der Waals surface area contributed by atoms with Crippen LogP contribution < -0.4 is 4.57 Å². The van der Waals surface area contributed by atoms with Crippen LogP contribution in [0, 0.1) is 0 Å². The first-order chi connectivity index (χ1) is 18.1. The van der Waals surface area contributed by atoms with Gasteiger partial charge >= 0.3 is 0 Å². The summed E-state index contributed by atoms with van der Waals surface area (Å²) >= 11 is 0. The first-order valence-corrected chi connectivity index (χ1v) is 26.6. The van der Waals surface area contributed by atoms with E-state index >= 15 is 0 Å². The summed E-state index contributed by atoms with van der Waals surface area (Å²) in [7, 11) is -5.59. The van der Waals surface area contributed by atoms with Gasteiger partial charge < -0.3 is 8.80 Å². The largest absolute Gasteiger partial charge is 0.430 e. The van der Waals surface area contributed by atoms with E-state index in [1.807, 2.05) is 0 Å². The number of unbranched alkanes of at least 4 members (excludes halogenated alkanes) is 6. The summed E-state index contributed by atoms with van der Waals surface area (Å²) in [6, 6.07) is 11.2. The lowest BCUT2D eigenvalue weighted by molar-refractivity contribution is 0.607. The molecule has 0 aliphatic rings. The molecule has 0 unspecified atom stereocenters. The van der Waals surface area contributed by atoms with E-state index in [2.05, 4.69) is 145 Å². The van der Waals surface area contributed by atoms with Gasteiger partial charge in [0.2, 0.25) is 0 Å². The second-order valence-corrected chi connectivity index (χ2v) is 32.5. The normalized spacial score (nSPS) is 14.1. The maximum absolute atomic E-state index is 3.21. The molecule has 0 amide bonds. The molecule has 0 saturated carbocycles. The molecular formula is C33H66N2Si4. The van der Waals surface area contributed by atoms with Crippen molar-refractivity contribution < 1.29 is 0 Å². The minimum Gasteiger partial charge on any atom is -0.430 e. The molecule has 1 aromatic carbocycles. The zero-order valence-corrected chi connectivity index (χ0v) is 32.8. The van der Waals surface area contributed by atoms with Gasteiger partial charge in [-0.15, -0.1) is 0 Å². The number of para-hydroxylation sites is 1. The highest BCUT2D eigenvalue weighted by Gasteiger charge is 2.52. The van der Waals surface area contributed by atoms with Crippen LogP contribution in [0.1, 0.15) is 93.4 Å². The lowest BCUT2D eigenvalue weighted by Crippen LogP contribution is -2.68. The number of allylic oxidation sites excluding steroid dienone is 1. The van der Waals surface area contributed by atoms with Gasteiger partial charge in [-0.1, -0.05) is 150 Å². The van der Waals surface area contributed by atoms with Gasteiger partial charge in [-0.05, 0) is 53.1 Å². The van der Waals surface area contributed by atoms with Crippen LogP contribution in [0.5, 0.6) is 0 Å². The average molecular weight is 603 g/mol. The molecule has 0 N–H and O–H groups in total. The molecule has 1 rings (SSSR count). The number of anilines is 1. The Labute approximate surface area is 250 Å². The Morgan fingerprint density at radius 1 is 0.769 bits per heavy atom. The van der Waals surface area contributed by atoms with E-state index in [4.69, 9.17) is 0 Å². The van der Waals surface area contributed by atoms with Crippen LogP contribution >= 0.6 is 0 Å². The fourth-order valence-corrected chi connectivity index (χ4v) is 25.8. The highest BCUT2D eigenvalue weighted by molar-refractivity contribution is 6.94. The molecule has 0 radical (unpaired) electrons. The van der Waals surface area contributed by atoms with E-state index in [0.29, 0.717) is 0 Å². The fraction of sp³-hybridized carbons (Fsp3) is 0.697. The van der Waals surface area contributed by atoms with Crippen LogP contribution in [0.25, 0.3) is 0 Å². The molecule has 0 fully saturated rings. The highest BCUT2D eigenvalue weighted by atomic mass is 28.4. The summed E-state index contributed by atoms with van der Waals surface area (Å²) in [4.78, 5) is 0. The number of hydrogen-bond acceptors (Lipinski definition) is 2. The Hall–Kier alpha value is -0.832. The monoisotopic (exact) mass is 602 g/mol. The Balaban J connectivity index is 3.69. The SMILES string of the molecule is CCCCCCCCC=C([SiH2]N(C=C[Si](C)(C)C)c1ccccc1)N([Si](C)(C)C)[Si](C(C)C)(C(C)C)C(C)C. The maximum Gasteiger partial charge on any atom is 0.176 e. The van der Waals surface area contributed by atoms with Crippen molar-refractivity contribution in [2.24, 2.45) is 0 Å². The molecule has 224 valence electrons. The summed E-state index contributed by atoms with van der Waals surface area (Å²) in [5.41, 5.74) is 6.08. The summed E-state index contributed by atoms with van der Waals surface area (Å²) in [6.07, 6.45) is 14.7. The third kappa shape index (κ3) is 11.2. The van der Waals surface area contributed by atoms with Crippen molar-refractivity contribution in [2.75, 3.05) is 4.57 Å². The summed E-state index contributed by atoms with van der Waals surface area (Å²) in [5.74, 6) is 0. The van der Waals surface area contributed by atoms with Crippen LogP contribution in [-0.4, -0.2) is 38.5 Å². The molecule has 0 spiro atoms. The van der Waals surface area contributed by atoms with Crippen LogP contribution in [0.3, 0.4) is 0 Å². The molecule has 0 saturated heterocycles. The maximum atomic E-state index is 3.21. The van der Waals surface area contributed by atoms with Crippen molar-refractivity contribution in [3.05, 3.63) is 53.6 Å². The van der Waals surface area contributed by atoms with Crippen molar-refractivity contribution in [3.63, 3.8) is 0 Å². The standard InChI is InChI=1S/C33H66N2Si4/c1-14-15-16-17-18-19-23-26-33(35(38(11,12)13)39(29(2)3,30(4)5)31(6)7)36-34(27-28-37(8,9)10)32-24-21-20-22-25-32/h20-22,24-31H,14-19,23,36H2,1-13H3. The van der Waals surface area contributed by atoms with Crippen molar-refractivity contribution >= 4 is 39.9 Å². The predicted molar refractivity (Wildman–Crippen MR) is 192 cm³/mol. The van der Waals surface area contributed by atoms with Gasteiger partial charge in [0.25, 0.3) is 0 Å². The molecule has 0 aliphatic carbocycles. The summed E-state index contributed by atoms with van der Waals surface area (Å²) in [5, 5.41) is 1.74. The van der Waals surface area contributed by atoms with Gasteiger partial charge in [-0.3, -0.25) is 0 Å². The second kappa shape index (κ2) is 16.6. The third-order valence-corrected chi connectivity index (χ3v) is 23.3. The van der Waals surface area contributed by atoms with Gasteiger partial charge in [0.05, 0.1) is 8.07 Å². The molecule has 0 bridgehead atoms. The molecular weight excluding hydrogens is 537 g/mol. The van der Waals surface area contributed by atoms with E-state index in [-0.39, 0.29) is 0 Å². The van der Waals surface area contributed by atoms with Crippen LogP contribution in [-0.2, 0) is 0 Å². The average Bonchev–Trinajstić information content (AvgIpc) is 2.82. The van der Waals surface area contributed by atoms with E-state index in [0.717, 1.165) is 16.6 Å². The summed E-state index contributed by atoms with van der Waals surface area (Å²) in [6.45, 7) is 32.8. The lowest BCUT2D eigenvalue weighted by atomic mass is 10.1. The fourth-order valence-electron chi connectivity index (χ4n) is 6.79. The minimum absolute atomic E-state index is 0.721. The molecule has 0 atom stereocenters. The van der Waals surface area contributed by atoms with Crippen molar-refractivity contribution in [2.45, 2.75) is 149 Å². The van der Waals surface area contributed by atoms with Crippen LogP contribution in [0.2, 0.25) is 55.9 Å². The summed E-state index contributed by atoms with van der Waals surface area (Å²) < 4.78 is 5.90. The number of hydrogen-bond donors (Lipinski definition) is 0. The van der Waals surface area contributed by atoms with Crippen molar-refractivity contribution in [1.82, 2.24) is 4.23 Å². The number of nitrogens with zero attached hydrogens (tertiary/aromatic N) is 2. The van der Waals surface area contributed by atoms with Gasteiger partial charge in [0, 0.05) is 5.69 Å². The molecule has 2 nitrogen and oxygen atoms in total. The van der Waals surface area contributed by atoms with Gasteiger partial charge in [-0.2, -0.15) is 0 Å². The zero-order valence-electron chi connectivity index (χ0n) is 28.4. The highest BCUT2D eigenvalue weighted by Crippen LogP contribution is 2.48. The molecule has 0 aliphatic heterocycles. The third-order valence-electron chi connectivity index (χ3n) is 8.23. The Morgan fingerprint density at radius 2 is 1.28 bits per heavy atom. The molecule has 0 aromatic heterocycles. The van der Waals surface area contributed by atoms with Crippen molar-refractivity contribution in [3.8, 4) is 0 Å². The Bertz CT molecular complexity index is 842. The van der Waals surface area contributed by atoms with Crippen LogP contribution in [0.15, 0.2) is 53.6 Å². The van der Waals surface area contributed by atoms with E-state index in [1.54, 1.807) is 5.32 Å². The molecule has 0 heterocycles. The number of benzene rings is 1. The molecule has 39 heavy (non-hydrogen) atoms. The molecule has 1 aromatic rings. The first-order valence-electron chi connectivity index (χ1n) is 16.1.